The highest BCUT2D eigenvalue weighted by atomic mass is 35.5. The number of rotatable bonds is 6. The Morgan fingerprint density at radius 1 is 1.07 bits per heavy atom. The van der Waals surface area contributed by atoms with Gasteiger partial charge in [0, 0.05) is 34.1 Å². The standard InChI is InChI=1S/C18H17Cl2N7S/c1-11-6-9-27(24-11)12(2)17-22-23-18(28-17)21-16-7-8-26(25-16)10-13-14(19)4-3-5-15(13)20/h3-9,12H,10H2,1-2H3,(H,21,23,25)/t12-/m0/s1. The molecule has 1 N–H and O–H groups in total. The molecule has 1 atom stereocenters. The van der Waals surface area contributed by atoms with Crippen molar-refractivity contribution in [3.05, 3.63) is 69.0 Å². The number of aryl methyl sites for hydroxylation is 1. The van der Waals surface area contributed by atoms with E-state index < -0.39 is 0 Å². The van der Waals surface area contributed by atoms with Crippen LogP contribution in [0.3, 0.4) is 0 Å². The zero-order valence-electron chi connectivity index (χ0n) is 15.2. The SMILES string of the molecule is Cc1ccn([C@@H](C)c2nnc(Nc3ccn(Cc4c(Cl)cccc4Cl)n3)s2)n1. The van der Waals surface area contributed by atoms with Crippen molar-refractivity contribution in [3.63, 3.8) is 0 Å². The van der Waals surface area contributed by atoms with Crippen LogP contribution in [0.1, 0.15) is 29.2 Å². The van der Waals surface area contributed by atoms with Gasteiger partial charge in [-0.15, -0.1) is 10.2 Å². The number of benzene rings is 1. The van der Waals surface area contributed by atoms with Crippen molar-refractivity contribution in [1.82, 2.24) is 29.8 Å². The lowest BCUT2D eigenvalue weighted by atomic mass is 10.2. The zero-order valence-corrected chi connectivity index (χ0v) is 17.5. The summed E-state index contributed by atoms with van der Waals surface area (Å²) < 4.78 is 3.65. The van der Waals surface area contributed by atoms with E-state index in [1.165, 1.54) is 11.3 Å². The third-order valence-electron chi connectivity index (χ3n) is 4.19. The Labute approximate surface area is 175 Å². The molecule has 10 heteroatoms. The summed E-state index contributed by atoms with van der Waals surface area (Å²) in [4.78, 5) is 0. The summed E-state index contributed by atoms with van der Waals surface area (Å²) in [6.07, 6.45) is 3.80. The monoisotopic (exact) mass is 433 g/mol. The van der Waals surface area contributed by atoms with Crippen LogP contribution in [0.4, 0.5) is 10.9 Å². The molecule has 0 saturated heterocycles. The molecule has 3 heterocycles. The second-order valence-electron chi connectivity index (χ2n) is 6.28. The maximum Gasteiger partial charge on any atom is 0.211 e. The molecule has 1 aromatic carbocycles. The molecule has 0 fully saturated rings. The summed E-state index contributed by atoms with van der Waals surface area (Å²) in [7, 11) is 0. The largest absolute Gasteiger partial charge is 0.313 e. The molecule has 0 bridgehead atoms. The van der Waals surface area contributed by atoms with Crippen molar-refractivity contribution in [1.29, 1.82) is 0 Å². The fraction of sp³-hybridized carbons (Fsp3) is 0.222. The van der Waals surface area contributed by atoms with E-state index >= 15 is 0 Å². The molecule has 4 aromatic rings. The number of hydrogen-bond acceptors (Lipinski definition) is 6. The van der Waals surface area contributed by atoms with Crippen molar-refractivity contribution in [2.45, 2.75) is 26.4 Å². The zero-order chi connectivity index (χ0) is 19.7. The lowest BCUT2D eigenvalue weighted by Crippen LogP contribution is -2.07. The fourth-order valence-corrected chi connectivity index (χ4v) is 4.00. The second-order valence-corrected chi connectivity index (χ2v) is 8.11. The predicted molar refractivity (Wildman–Crippen MR) is 112 cm³/mol. The van der Waals surface area contributed by atoms with Crippen molar-refractivity contribution in [2.24, 2.45) is 0 Å². The number of aromatic nitrogens is 6. The van der Waals surface area contributed by atoms with Crippen molar-refractivity contribution < 1.29 is 0 Å². The third-order valence-corrected chi connectivity index (χ3v) is 5.91. The van der Waals surface area contributed by atoms with Crippen LogP contribution in [0.5, 0.6) is 0 Å². The van der Waals surface area contributed by atoms with Crippen LogP contribution in [-0.4, -0.2) is 29.8 Å². The van der Waals surface area contributed by atoms with Crippen LogP contribution >= 0.6 is 34.5 Å². The predicted octanol–water partition coefficient (Wildman–Crippen LogP) is 4.95. The maximum atomic E-state index is 6.24. The molecule has 0 saturated carbocycles. The van der Waals surface area contributed by atoms with Crippen LogP contribution in [0.2, 0.25) is 10.0 Å². The first-order valence-electron chi connectivity index (χ1n) is 8.58. The van der Waals surface area contributed by atoms with Crippen LogP contribution in [0, 0.1) is 6.92 Å². The van der Waals surface area contributed by atoms with Gasteiger partial charge >= 0.3 is 0 Å². The molecule has 0 aliphatic rings. The molecule has 144 valence electrons. The first kappa shape index (κ1) is 18.9. The van der Waals surface area contributed by atoms with Crippen LogP contribution in [-0.2, 0) is 6.54 Å². The highest BCUT2D eigenvalue weighted by Gasteiger charge is 2.15. The minimum Gasteiger partial charge on any atom is -0.313 e. The average Bonchev–Trinajstić information content (AvgIpc) is 3.40. The Bertz CT molecular complexity index is 1080. The Morgan fingerprint density at radius 2 is 1.86 bits per heavy atom. The van der Waals surface area contributed by atoms with Crippen molar-refractivity contribution >= 4 is 45.5 Å². The van der Waals surface area contributed by atoms with Crippen LogP contribution < -0.4 is 5.32 Å². The minimum absolute atomic E-state index is 0.0154. The van der Waals surface area contributed by atoms with E-state index in [0.29, 0.717) is 27.5 Å². The Hall–Kier alpha value is -2.42. The van der Waals surface area contributed by atoms with Gasteiger partial charge in [-0.1, -0.05) is 40.6 Å². The van der Waals surface area contributed by atoms with Gasteiger partial charge in [0.15, 0.2) is 5.82 Å². The maximum absolute atomic E-state index is 6.24. The van der Waals surface area contributed by atoms with Crippen LogP contribution in [0.25, 0.3) is 0 Å². The Morgan fingerprint density at radius 3 is 2.57 bits per heavy atom. The molecular weight excluding hydrogens is 417 g/mol. The quantitative estimate of drug-likeness (QED) is 0.465. The van der Waals surface area contributed by atoms with Crippen molar-refractivity contribution in [2.75, 3.05) is 5.32 Å². The number of nitrogens with one attached hydrogen (secondary N) is 1. The van der Waals surface area contributed by atoms with Gasteiger partial charge in [0.1, 0.15) is 11.0 Å². The van der Waals surface area contributed by atoms with Crippen LogP contribution in [0.15, 0.2) is 42.7 Å². The van der Waals surface area contributed by atoms with Gasteiger partial charge in [0.05, 0.1) is 12.2 Å². The molecule has 0 spiro atoms. The van der Waals surface area contributed by atoms with Gasteiger partial charge in [-0.2, -0.15) is 10.2 Å². The van der Waals surface area contributed by atoms with E-state index in [1.807, 2.05) is 61.3 Å². The number of halogens is 2. The molecule has 28 heavy (non-hydrogen) atoms. The Kier molecular flexibility index (Phi) is 5.34. The lowest BCUT2D eigenvalue weighted by molar-refractivity contribution is 0.554. The summed E-state index contributed by atoms with van der Waals surface area (Å²) in [5, 5.41) is 23.4. The highest BCUT2D eigenvalue weighted by Crippen LogP contribution is 2.27. The summed E-state index contributed by atoms with van der Waals surface area (Å²) in [5.41, 5.74) is 1.81. The van der Waals surface area contributed by atoms with E-state index in [1.54, 1.807) is 4.68 Å². The Balaban J connectivity index is 1.45. The molecule has 3 aromatic heterocycles. The van der Waals surface area contributed by atoms with E-state index in [0.717, 1.165) is 16.3 Å². The summed E-state index contributed by atoms with van der Waals surface area (Å²) >= 11 is 13.9. The molecule has 0 amide bonds. The summed E-state index contributed by atoms with van der Waals surface area (Å²) in [6, 6.07) is 9.30. The molecule has 0 aliphatic heterocycles. The second kappa shape index (κ2) is 7.90. The van der Waals surface area contributed by atoms with E-state index in [2.05, 4.69) is 25.7 Å². The number of nitrogens with zero attached hydrogens (tertiary/aromatic N) is 6. The van der Waals surface area contributed by atoms with E-state index in [4.69, 9.17) is 23.2 Å². The molecule has 7 nitrogen and oxygen atoms in total. The van der Waals surface area contributed by atoms with E-state index in [-0.39, 0.29) is 6.04 Å². The number of anilines is 2. The van der Waals surface area contributed by atoms with Gasteiger partial charge < -0.3 is 5.32 Å². The van der Waals surface area contributed by atoms with Gasteiger partial charge in [-0.3, -0.25) is 9.36 Å². The van der Waals surface area contributed by atoms with Gasteiger partial charge in [-0.05, 0) is 32.0 Å². The molecule has 0 aliphatic carbocycles. The summed E-state index contributed by atoms with van der Waals surface area (Å²) in [6.45, 7) is 4.48. The van der Waals surface area contributed by atoms with Gasteiger partial charge in [0.25, 0.3) is 0 Å². The molecule has 0 radical (unpaired) electrons. The van der Waals surface area contributed by atoms with E-state index in [9.17, 15) is 0 Å². The first-order valence-corrected chi connectivity index (χ1v) is 10.2. The van der Waals surface area contributed by atoms with Crippen molar-refractivity contribution in [3.8, 4) is 0 Å². The fourth-order valence-electron chi connectivity index (χ4n) is 2.69. The molecular formula is C18H17Cl2N7S. The third kappa shape index (κ3) is 4.04. The van der Waals surface area contributed by atoms with Gasteiger partial charge in [0.2, 0.25) is 5.13 Å². The van der Waals surface area contributed by atoms with Gasteiger partial charge in [-0.25, -0.2) is 0 Å². The average molecular weight is 434 g/mol. The highest BCUT2D eigenvalue weighted by molar-refractivity contribution is 7.15. The minimum atomic E-state index is 0.0154. The molecule has 0 unspecified atom stereocenters. The summed E-state index contributed by atoms with van der Waals surface area (Å²) in [5.74, 6) is 0.675. The number of hydrogen-bond donors (Lipinski definition) is 1. The topological polar surface area (TPSA) is 73.5 Å². The first-order chi connectivity index (χ1) is 13.5. The smallest absolute Gasteiger partial charge is 0.211 e. The lowest BCUT2D eigenvalue weighted by Gasteiger charge is -2.07. The normalized spacial score (nSPS) is 12.3. The molecule has 4 rings (SSSR count).